The SMILES string of the molecule is COCCN1CC(c2ccc(F)cc2)[C@H](NC(=O)Nc2cc(C(C)C)nn2-c2ccccc2)C1. The van der Waals surface area contributed by atoms with Gasteiger partial charge in [-0.2, -0.15) is 5.10 Å². The van der Waals surface area contributed by atoms with Crippen LogP contribution in [-0.2, 0) is 4.74 Å². The Balaban J connectivity index is 1.52. The molecule has 1 unspecified atom stereocenters. The number of halogens is 1. The van der Waals surface area contributed by atoms with E-state index in [-0.39, 0.29) is 29.7 Å². The fourth-order valence-electron chi connectivity index (χ4n) is 4.34. The number of ether oxygens (including phenoxy) is 1. The molecule has 7 nitrogen and oxygen atoms in total. The number of nitrogens with one attached hydrogen (secondary N) is 2. The number of hydrogen-bond donors (Lipinski definition) is 2. The van der Waals surface area contributed by atoms with E-state index in [4.69, 9.17) is 9.84 Å². The molecule has 3 aromatic rings. The highest BCUT2D eigenvalue weighted by Gasteiger charge is 2.34. The molecule has 1 fully saturated rings. The summed E-state index contributed by atoms with van der Waals surface area (Å²) in [5.74, 6) is 0.615. The summed E-state index contributed by atoms with van der Waals surface area (Å²) in [6.45, 7) is 6.98. The van der Waals surface area contributed by atoms with E-state index in [1.165, 1.54) is 12.1 Å². The number of carbonyl (C=O) groups excluding carboxylic acids is 1. The third-order valence-corrected chi connectivity index (χ3v) is 6.18. The number of nitrogens with zero attached hydrogens (tertiary/aromatic N) is 3. The fraction of sp³-hybridized carbons (Fsp3) is 0.385. The molecule has 0 radical (unpaired) electrons. The second kappa shape index (κ2) is 10.8. The highest BCUT2D eigenvalue weighted by Crippen LogP contribution is 2.28. The van der Waals surface area contributed by atoms with E-state index in [1.54, 1.807) is 23.9 Å². The second-order valence-corrected chi connectivity index (χ2v) is 8.97. The summed E-state index contributed by atoms with van der Waals surface area (Å²) in [5, 5.41) is 10.8. The summed E-state index contributed by atoms with van der Waals surface area (Å²) in [7, 11) is 1.68. The summed E-state index contributed by atoms with van der Waals surface area (Å²) in [5.41, 5.74) is 2.78. The molecule has 0 spiro atoms. The van der Waals surface area contributed by atoms with E-state index in [2.05, 4.69) is 29.4 Å². The van der Waals surface area contributed by atoms with Crippen LogP contribution < -0.4 is 10.6 Å². The van der Waals surface area contributed by atoms with Crippen LogP contribution in [-0.4, -0.2) is 60.1 Å². The van der Waals surface area contributed by atoms with Crippen LogP contribution in [0.15, 0.2) is 60.7 Å². The molecule has 1 aliphatic heterocycles. The molecule has 8 heteroatoms. The topological polar surface area (TPSA) is 71.4 Å². The maximum absolute atomic E-state index is 13.5. The third-order valence-electron chi connectivity index (χ3n) is 6.18. The van der Waals surface area contributed by atoms with Crippen molar-refractivity contribution in [3.8, 4) is 5.69 Å². The molecule has 2 N–H and O–H groups in total. The van der Waals surface area contributed by atoms with E-state index in [9.17, 15) is 9.18 Å². The molecular weight excluding hydrogens is 433 g/mol. The summed E-state index contributed by atoms with van der Waals surface area (Å²) in [6.07, 6.45) is 0. The zero-order chi connectivity index (χ0) is 24.1. The van der Waals surface area contributed by atoms with Gasteiger partial charge in [0.25, 0.3) is 0 Å². The van der Waals surface area contributed by atoms with Gasteiger partial charge >= 0.3 is 6.03 Å². The highest BCUT2D eigenvalue weighted by atomic mass is 19.1. The van der Waals surface area contributed by atoms with Crippen molar-refractivity contribution in [3.05, 3.63) is 77.7 Å². The van der Waals surface area contributed by atoms with Crippen molar-refractivity contribution < 1.29 is 13.9 Å². The van der Waals surface area contributed by atoms with Crippen molar-refractivity contribution in [1.29, 1.82) is 0 Å². The van der Waals surface area contributed by atoms with Crippen molar-refractivity contribution >= 4 is 11.8 Å². The number of amides is 2. The Morgan fingerprint density at radius 1 is 1.15 bits per heavy atom. The number of likely N-dealkylation sites (tertiary alicyclic amines) is 1. The van der Waals surface area contributed by atoms with E-state index in [0.717, 1.165) is 30.0 Å². The van der Waals surface area contributed by atoms with Gasteiger partial charge < -0.3 is 10.1 Å². The second-order valence-electron chi connectivity index (χ2n) is 8.97. The lowest BCUT2D eigenvalue weighted by Gasteiger charge is -2.21. The Kier molecular flexibility index (Phi) is 7.59. The maximum atomic E-state index is 13.5. The van der Waals surface area contributed by atoms with Gasteiger partial charge in [-0.15, -0.1) is 0 Å². The quantitative estimate of drug-likeness (QED) is 0.518. The van der Waals surface area contributed by atoms with Gasteiger partial charge in [0.05, 0.1) is 24.0 Å². The number of hydrogen-bond acceptors (Lipinski definition) is 4. The molecule has 2 atom stereocenters. The average Bonchev–Trinajstić information content (AvgIpc) is 3.43. The highest BCUT2D eigenvalue weighted by molar-refractivity contribution is 5.89. The lowest BCUT2D eigenvalue weighted by atomic mass is 9.94. The summed E-state index contributed by atoms with van der Waals surface area (Å²) >= 11 is 0. The van der Waals surface area contributed by atoms with E-state index < -0.39 is 0 Å². The summed E-state index contributed by atoms with van der Waals surface area (Å²) in [6, 6.07) is 17.8. The molecule has 1 aromatic heterocycles. The Morgan fingerprint density at radius 3 is 2.56 bits per heavy atom. The van der Waals surface area contributed by atoms with Crippen molar-refractivity contribution in [2.24, 2.45) is 0 Å². The van der Waals surface area contributed by atoms with Crippen LogP contribution in [0.2, 0.25) is 0 Å². The van der Waals surface area contributed by atoms with Crippen LogP contribution in [0.4, 0.5) is 15.0 Å². The molecule has 1 aliphatic rings. The van der Waals surface area contributed by atoms with Crippen LogP contribution in [0.25, 0.3) is 5.69 Å². The zero-order valence-corrected chi connectivity index (χ0v) is 19.9. The fourth-order valence-corrected chi connectivity index (χ4v) is 4.34. The largest absolute Gasteiger partial charge is 0.383 e. The third kappa shape index (κ3) is 5.63. The molecule has 0 aliphatic carbocycles. The molecule has 2 heterocycles. The standard InChI is InChI=1S/C26H32FN5O2/c1-18(2)23-15-25(32(30-23)21-7-5-4-6-8-21)29-26(33)28-24-17-31(13-14-34-3)16-22(24)19-9-11-20(27)12-10-19/h4-12,15,18,22,24H,13-14,16-17H2,1-3H3,(H2,28,29,33)/t22?,24-/m1/s1. The zero-order valence-electron chi connectivity index (χ0n) is 19.9. The van der Waals surface area contributed by atoms with Crippen LogP contribution in [0, 0.1) is 5.82 Å². The van der Waals surface area contributed by atoms with Gasteiger partial charge in [-0.3, -0.25) is 10.2 Å². The smallest absolute Gasteiger partial charge is 0.320 e. The predicted octanol–water partition coefficient (Wildman–Crippen LogP) is 4.37. The lowest BCUT2D eigenvalue weighted by Crippen LogP contribution is -2.42. The van der Waals surface area contributed by atoms with Crippen molar-refractivity contribution in [3.63, 3.8) is 0 Å². The average molecular weight is 466 g/mol. The number of anilines is 1. The molecule has 1 saturated heterocycles. The number of rotatable bonds is 8. The first-order valence-corrected chi connectivity index (χ1v) is 11.6. The first kappa shape index (κ1) is 23.9. The predicted molar refractivity (Wildman–Crippen MR) is 131 cm³/mol. The van der Waals surface area contributed by atoms with Gasteiger partial charge in [0.2, 0.25) is 0 Å². The number of carbonyl (C=O) groups is 1. The minimum atomic E-state index is -0.293. The molecule has 0 bridgehead atoms. The van der Waals surface area contributed by atoms with Crippen LogP contribution in [0.5, 0.6) is 0 Å². The molecule has 4 rings (SSSR count). The number of aromatic nitrogens is 2. The molecule has 0 saturated carbocycles. The van der Waals surface area contributed by atoms with Gasteiger partial charge in [0.1, 0.15) is 11.6 Å². The van der Waals surface area contributed by atoms with Crippen molar-refractivity contribution in [2.75, 3.05) is 38.7 Å². The Hall–Kier alpha value is -3.23. The summed E-state index contributed by atoms with van der Waals surface area (Å²) < 4.78 is 20.5. The monoisotopic (exact) mass is 465 g/mol. The maximum Gasteiger partial charge on any atom is 0.320 e. The minimum absolute atomic E-state index is 0.0495. The van der Waals surface area contributed by atoms with Crippen LogP contribution in [0.3, 0.4) is 0 Å². The first-order valence-electron chi connectivity index (χ1n) is 11.6. The number of benzene rings is 2. The Morgan fingerprint density at radius 2 is 1.88 bits per heavy atom. The van der Waals surface area contributed by atoms with Crippen LogP contribution >= 0.6 is 0 Å². The van der Waals surface area contributed by atoms with Crippen molar-refractivity contribution in [2.45, 2.75) is 31.7 Å². The number of methoxy groups -OCH3 is 1. The number of para-hydroxylation sites is 1. The minimum Gasteiger partial charge on any atom is -0.383 e. The molecule has 34 heavy (non-hydrogen) atoms. The van der Waals surface area contributed by atoms with E-state index in [1.807, 2.05) is 36.4 Å². The van der Waals surface area contributed by atoms with Crippen LogP contribution in [0.1, 0.15) is 36.9 Å². The first-order chi connectivity index (χ1) is 16.4. The molecule has 2 aromatic carbocycles. The van der Waals surface area contributed by atoms with E-state index in [0.29, 0.717) is 19.0 Å². The normalized spacial score (nSPS) is 18.4. The molecular formula is C26H32FN5O2. The van der Waals surface area contributed by atoms with Gasteiger partial charge in [0, 0.05) is 38.7 Å². The van der Waals surface area contributed by atoms with Crippen molar-refractivity contribution in [1.82, 2.24) is 20.0 Å². The lowest BCUT2D eigenvalue weighted by molar-refractivity contribution is 0.159. The summed E-state index contributed by atoms with van der Waals surface area (Å²) in [4.78, 5) is 15.4. The Bertz CT molecular complexity index is 1080. The van der Waals surface area contributed by atoms with Gasteiger partial charge in [-0.1, -0.05) is 44.2 Å². The van der Waals surface area contributed by atoms with Gasteiger partial charge in [0.15, 0.2) is 0 Å². The van der Waals surface area contributed by atoms with E-state index >= 15 is 0 Å². The van der Waals surface area contributed by atoms with Gasteiger partial charge in [-0.05, 0) is 35.7 Å². The number of urea groups is 1. The molecule has 180 valence electrons. The molecule has 2 amide bonds. The Labute approximate surface area is 199 Å². The van der Waals surface area contributed by atoms with Gasteiger partial charge in [-0.25, -0.2) is 13.9 Å².